The van der Waals surface area contributed by atoms with E-state index in [-0.39, 0.29) is 41.3 Å². The largest absolute Gasteiger partial charge is 0.507 e. The van der Waals surface area contributed by atoms with Gasteiger partial charge in [0.25, 0.3) is 0 Å². The van der Waals surface area contributed by atoms with Gasteiger partial charge in [0.2, 0.25) is 0 Å². The Bertz CT molecular complexity index is 1250. The second kappa shape index (κ2) is 9.26. The van der Waals surface area contributed by atoms with Gasteiger partial charge in [-0.2, -0.15) is 0 Å². The highest BCUT2D eigenvalue weighted by Gasteiger charge is 2.18. The fraction of sp³-hybridized carbons (Fsp3) is 0.192. The van der Waals surface area contributed by atoms with E-state index in [0.717, 1.165) is 16.7 Å². The molecule has 4 N–H and O–H groups in total. The average molecular weight is 444 g/mol. The minimum atomic E-state index is -0.00482. The van der Waals surface area contributed by atoms with Crippen LogP contribution in [-0.2, 0) is 6.42 Å². The van der Waals surface area contributed by atoms with Crippen LogP contribution in [0.25, 0.3) is 34.2 Å². The molecule has 0 radical (unpaired) electrons. The van der Waals surface area contributed by atoms with Crippen LogP contribution in [0.2, 0.25) is 0 Å². The standard InChI is InChI=1S/C26H25N3O4/c1-15-5-8-18(21(31)12-15)24-27-25(19-9-6-16(2)13-22(19)32)29-26(28-24)20-10-7-17(4-3-11-30)14-23(20)33/h5-10,12-14,30-33H,3-4,11H2,1-2H3. The number of benzene rings is 3. The molecule has 7 heteroatoms. The van der Waals surface area contributed by atoms with Gasteiger partial charge in [-0.3, -0.25) is 0 Å². The lowest BCUT2D eigenvalue weighted by Crippen LogP contribution is -2.01. The number of hydrogen-bond acceptors (Lipinski definition) is 7. The topological polar surface area (TPSA) is 120 Å². The van der Waals surface area contributed by atoms with Crippen molar-refractivity contribution < 1.29 is 20.4 Å². The maximum Gasteiger partial charge on any atom is 0.167 e. The number of aromatic nitrogens is 3. The van der Waals surface area contributed by atoms with Crippen molar-refractivity contribution in [2.75, 3.05) is 6.61 Å². The van der Waals surface area contributed by atoms with E-state index >= 15 is 0 Å². The minimum absolute atomic E-state index is 0.00482. The molecule has 33 heavy (non-hydrogen) atoms. The van der Waals surface area contributed by atoms with Gasteiger partial charge < -0.3 is 20.4 Å². The number of aromatic hydroxyl groups is 3. The van der Waals surface area contributed by atoms with Gasteiger partial charge in [0, 0.05) is 6.61 Å². The van der Waals surface area contributed by atoms with Gasteiger partial charge in [-0.05, 0) is 79.8 Å². The Morgan fingerprint density at radius 1 is 0.606 bits per heavy atom. The smallest absolute Gasteiger partial charge is 0.167 e. The maximum absolute atomic E-state index is 10.7. The highest BCUT2D eigenvalue weighted by Crippen LogP contribution is 2.35. The third kappa shape index (κ3) is 4.78. The van der Waals surface area contributed by atoms with E-state index in [2.05, 4.69) is 15.0 Å². The summed E-state index contributed by atoms with van der Waals surface area (Å²) in [6, 6.07) is 15.6. The molecule has 0 saturated carbocycles. The third-order valence-corrected chi connectivity index (χ3v) is 5.35. The Kier molecular flexibility index (Phi) is 6.24. The summed E-state index contributed by atoms with van der Waals surface area (Å²) in [5.74, 6) is 0.688. The predicted octanol–water partition coefficient (Wildman–Crippen LogP) is 4.53. The van der Waals surface area contributed by atoms with Gasteiger partial charge in [-0.25, -0.2) is 15.0 Å². The number of phenolic OH excluding ortho intramolecular Hbond substituents is 3. The maximum atomic E-state index is 10.7. The molecule has 0 amide bonds. The molecule has 0 unspecified atom stereocenters. The Labute approximate surface area is 191 Å². The Morgan fingerprint density at radius 3 is 1.42 bits per heavy atom. The highest BCUT2D eigenvalue weighted by atomic mass is 16.3. The zero-order valence-electron chi connectivity index (χ0n) is 18.4. The van der Waals surface area contributed by atoms with Crippen LogP contribution >= 0.6 is 0 Å². The number of aliphatic hydroxyl groups is 1. The fourth-order valence-electron chi connectivity index (χ4n) is 3.60. The van der Waals surface area contributed by atoms with Gasteiger partial charge in [-0.1, -0.05) is 18.2 Å². The molecule has 3 aromatic carbocycles. The summed E-state index contributed by atoms with van der Waals surface area (Å²) in [6.07, 6.45) is 1.23. The molecule has 4 aromatic rings. The summed E-state index contributed by atoms with van der Waals surface area (Å²) in [6.45, 7) is 3.81. The van der Waals surface area contributed by atoms with Crippen LogP contribution in [0.1, 0.15) is 23.1 Å². The first-order valence-electron chi connectivity index (χ1n) is 10.6. The summed E-state index contributed by atoms with van der Waals surface area (Å²) in [5.41, 5.74) is 3.88. The zero-order valence-corrected chi connectivity index (χ0v) is 18.4. The van der Waals surface area contributed by atoms with E-state index in [4.69, 9.17) is 5.11 Å². The molecular weight excluding hydrogens is 418 g/mol. The second-order valence-corrected chi connectivity index (χ2v) is 8.03. The molecule has 0 aliphatic carbocycles. The van der Waals surface area contributed by atoms with Crippen LogP contribution < -0.4 is 0 Å². The first-order valence-corrected chi connectivity index (χ1v) is 10.6. The number of rotatable bonds is 6. The Hall–Kier alpha value is -3.97. The van der Waals surface area contributed by atoms with Crippen molar-refractivity contribution in [2.24, 2.45) is 0 Å². The van der Waals surface area contributed by atoms with Crippen molar-refractivity contribution in [1.82, 2.24) is 15.0 Å². The molecular formula is C26H25N3O4. The fourth-order valence-corrected chi connectivity index (χ4v) is 3.60. The van der Waals surface area contributed by atoms with Gasteiger partial charge in [0.1, 0.15) is 17.2 Å². The van der Waals surface area contributed by atoms with E-state index in [1.54, 1.807) is 36.4 Å². The van der Waals surface area contributed by atoms with Crippen molar-refractivity contribution in [2.45, 2.75) is 26.7 Å². The van der Waals surface area contributed by atoms with Gasteiger partial charge in [0.15, 0.2) is 17.5 Å². The normalized spacial score (nSPS) is 11.0. The molecule has 7 nitrogen and oxygen atoms in total. The number of phenols is 3. The molecule has 0 aliphatic rings. The second-order valence-electron chi connectivity index (χ2n) is 8.03. The van der Waals surface area contributed by atoms with Crippen molar-refractivity contribution in [1.29, 1.82) is 0 Å². The lowest BCUT2D eigenvalue weighted by atomic mass is 10.1. The van der Waals surface area contributed by atoms with E-state index in [1.807, 2.05) is 32.0 Å². The highest BCUT2D eigenvalue weighted by molar-refractivity contribution is 5.73. The molecule has 4 rings (SSSR count). The van der Waals surface area contributed by atoms with Crippen LogP contribution in [0.3, 0.4) is 0 Å². The summed E-state index contributed by atoms with van der Waals surface area (Å²) < 4.78 is 0. The number of nitrogens with zero attached hydrogens (tertiary/aromatic N) is 3. The summed E-state index contributed by atoms with van der Waals surface area (Å²) in [5, 5.41) is 40.8. The molecule has 0 aliphatic heterocycles. The molecule has 168 valence electrons. The molecule has 0 bridgehead atoms. The summed E-state index contributed by atoms with van der Waals surface area (Å²) in [4.78, 5) is 13.6. The van der Waals surface area contributed by atoms with Gasteiger partial charge >= 0.3 is 0 Å². The SMILES string of the molecule is Cc1ccc(-c2nc(-c3ccc(C)cc3O)nc(-c3ccc(CCCO)cc3O)n2)c(O)c1. The minimum Gasteiger partial charge on any atom is -0.507 e. The average Bonchev–Trinajstić information content (AvgIpc) is 2.77. The van der Waals surface area contributed by atoms with E-state index in [1.165, 1.54) is 0 Å². The van der Waals surface area contributed by atoms with E-state index in [0.29, 0.717) is 29.5 Å². The number of aliphatic hydroxyl groups excluding tert-OH is 1. The van der Waals surface area contributed by atoms with Crippen LogP contribution in [0.15, 0.2) is 54.6 Å². The molecule has 1 aromatic heterocycles. The van der Waals surface area contributed by atoms with Crippen molar-refractivity contribution >= 4 is 0 Å². The predicted molar refractivity (Wildman–Crippen MR) is 126 cm³/mol. The quantitative estimate of drug-likeness (QED) is 0.346. The van der Waals surface area contributed by atoms with Crippen LogP contribution in [0.4, 0.5) is 0 Å². The van der Waals surface area contributed by atoms with Crippen molar-refractivity contribution in [3.8, 4) is 51.4 Å². The first-order chi connectivity index (χ1) is 15.9. The summed E-state index contributed by atoms with van der Waals surface area (Å²) in [7, 11) is 0. The van der Waals surface area contributed by atoms with Gasteiger partial charge in [0.05, 0.1) is 16.7 Å². The lowest BCUT2D eigenvalue weighted by molar-refractivity contribution is 0.288. The first kappa shape index (κ1) is 22.2. The number of aryl methyl sites for hydroxylation is 3. The Morgan fingerprint density at radius 2 is 1.03 bits per heavy atom. The third-order valence-electron chi connectivity index (χ3n) is 5.35. The van der Waals surface area contributed by atoms with E-state index < -0.39 is 0 Å². The Balaban J connectivity index is 1.90. The monoisotopic (exact) mass is 443 g/mol. The molecule has 0 saturated heterocycles. The zero-order chi connectivity index (χ0) is 23.5. The van der Waals surface area contributed by atoms with Crippen LogP contribution in [0, 0.1) is 13.8 Å². The van der Waals surface area contributed by atoms with Crippen molar-refractivity contribution in [3.63, 3.8) is 0 Å². The van der Waals surface area contributed by atoms with Crippen LogP contribution in [0.5, 0.6) is 17.2 Å². The van der Waals surface area contributed by atoms with E-state index in [9.17, 15) is 15.3 Å². The van der Waals surface area contributed by atoms with Crippen LogP contribution in [-0.4, -0.2) is 42.0 Å². The number of hydrogen-bond donors (Lipinski definition) is 4. The summed E-state index contributed by atoms with van der Waals surface area (Å²) >= 11 is 0. The molecule has 0 fully saturated rings. The molecule has 1 heterocycles. The van der Waals surface area contributed by atoms with Gasteiger partial charge in [-0.15, -0.1) is 0 Å². The lowest BCUT2D eigenvalue weighted by Gasteiger charge is -2.12. The molecule has 0 atom stereocenters. The molecule has 0 spiro atoms. The van der Waals surface area contributed by atoms with Crippen molar-refractivity contribution in [3.05, 3.63) is 71.3 Å².